The van der Waals surface area contributed by atoms with Crippen molar-refractivity contribution in [3.05, 3.63) is 23.8 Å². The lowest BCUT2D eigenvalue weighted by Gasteiger charge is -2.49. The summed E-state index contributed by atoms with van der Waals surface area (Å²) in [6.45, 7) is 7.75. The Balaban J connectivity index is 2.41. The summed E-state index contributed by atoms with van der Waals surface area (Å²) in [6.07, 6.45) is 3.46. The smallest absolute Gasteiger partial charge is 0.337 e. The minimum Gasteiger partial charge on any atom is -0.465 e. The van der Waals surface area contributed by atoms with Crippen LogP contribution >= 0.6 is 0 Å². The number of aliphatic hydroxyl groups excluding tert-OH is 1. The van der Waals surface area contributed by atoms with Crippen molar-refractivity contribution in [2.24, 2.45) is 17.3 Å². The Hall–Kier alpha value is -1.42. The van der Waals surface area contributed by atoms with Crippen molar-refractivity contribution in [1.29, 1.82) is 0 Å². The van der Waals surface area contributed by atoms with E-state index in [0.29, 0.717) is 12.0 Å². The highest BCUT2D eigenvalue weighted by Crippen LogP contribution is 2.51. The summed E-state index contributed by atoms with van der Waals surface area (Å²) < 4.78 is 4.65. The molecule has 1 N–H and O–H groups in total. The lowest BCUT2D eigenvalue weighted by atomic mass is 9.56. The third kappa shape index (κ3) is 2.22. The van der Waals surface area contributed by atoms with Gasteiger partial charge in [-0.05, 0) is 30.1 Å². The van der Waals surface area contributed by atoms with Gasteiger partial charge in [-0.1, -0.05) is 26.5 Å². The molecule has 2 aliphatic carbocycles. The molecule has 0 heterocycles. The Morgan fingerprint density at radius 3 is 2.75 bits per heavy atom. The van der Waals surface area contributed by atoms with Gasteiger partial charge in [0.1, 0.15) is 0 Å². The van der Waals surface area contributed by atoms with Gasteiger partial charge >= 0.3 is 5.97 Å². The molecule has 4 atom stereocenters. The maximum atomic E-state index is 12.2. The number of hydrogen-bond acceptors (Lipinski definition) is 4. The van der Waals surface area contributed by atoms with Gasteiger partial charge < -0.3 is 9.84 Å². The highest BCUT2D eigenvalue weighted by molar-refractivity contribution is 6.10. The lowest BCUT2D eigenvalue weighted by molar-refractivity contribution is -0.136. The zero-order valence-corrected chi connectivity index (χ0v) is 12.3. The van der Waals surface area contributed by atoms with E-state index < -0.39 is 5.97 Å². The summed E-state index contributed by atoms with van der Waals surface area (Å²) >= 11 is 0. The molecule has 1 fully saturated rings. The average molecular weight is 278 g/mol. The van der Waals surface area contributed by atoms with E-state index >= 15 is 0 Å². The first kappa shape index (κ1) is 15.0. The van der Waals surface area contributed by atoms with Crippen LogP contribution in [-0.4, -0.2) is 30.1 Å². The molecule has 0 radical (unpaired) electrons. The van der Waals surface area contributed by atoms with Crippen LogP contribution in [0.15, 0.2) is 23.8 Å². The van der Waals surface area contributed by atoms with Gasteiger partial charge in [-0.2, -0.15) is 0 Å². The fraction of sp³-hybridized carbons (Fsp3) is 0.625. The summed E-state index contributed by atoms with van der Waals surface area (Å²) in [5.74, 6) is -0.348. The van der Waals surface area contributed by atoms with Crippen molar-refractivity contribution < 1.29 is 19.4 Å². The van der Waals surface area contributed by atoms with Crippen molar-refractivity contribution in [2.75, 3.05) is 7.11 Å². The number of carbonyl (C=O) groups is 2. The first-order valence-corrected chi connectivity index (χ1v) is 7.03. The van der Waals surface area contributed by atoms with Crippen molar-refractivity contribution in [3.63, 3.8) is 0 Å². The minimum absolute atomic E-state index is 0.0496. The van der Waals surface area contributed by atoms with Crippen molar-refractivity contribution in [1.82, 2.24) is 0 Å². The van der Waals surface area contributed by atoms with Gasteiger partial charge in [0.2, 0.25) is 0 Å². The summed E-state index contributed by atoms with van der Waals surface area (Å²) in [5, 5.41) is 10.1. The number of ketones is 1. The van der Waals surface area contributed by atoms with Crippen LogP contribution in [0.5, 0.6) is 0 Å². The molecule has 4 heteroatoms. The van der Waals surface area contributed by atoms with Crippen molar-refractivity contribution in [3.8, 4) is 0 Å². The van der Waals surface area contributed by atoms with Crippen LogP contribution in [0.2, 0.25) is 0 Å². The lowest BCUT2D eigenvalue weighted by Crippen LogP contribution is -2.47. The van der Waals surface area contributed by atoms with Gasteiger partial charge in [0.05, 0.1) is 18.8 Å². The van der Waals surface area contributed by atoms with Crippen molar-refractivity contribution in [2.45, 2.75) is 39.2 Å². The molecule has 0 aromatic rings. The second-order valence-corrected chi connectivity index (χ2v) is 6.15. The molecular weight excluding hydrogens is 256 g/mol. The van der Waals surface area contributed by atoms with Crippen LogP contribution in [0.4, 0.5) is 0 Å². The first-order valence-electron chi connectivity index (χ1n) is 7.03. The van der Waals surface area contributed by atoms with E-state index in [-0.39, 0.29) is 34.7 Å². The van der Waals surface area contributed by atoms with Crippen LogP contribution in [0.1, 0.15) is 33.1 Å². The highest BCUT2D eigenvalue weighted by Gasteiger charge is 2.48. The molecule has 20 heavy (non-hydrogen) atoms. The number of fused-ring (bicyclic) bond motifs is 1. The predicted molar refractivity (Wildman–Crippen MR) is 74.9 cm³/mol. The third-order valence-electron chi connectivity index (χ3n) is 5.19. The molecule has 4 unspecified atom stereocenters. The van der Waals surface area contributed by atoms with Gasteiger partial charge in [-0.3, -0.25) is 4.79 Å². The van der Waals surface area contributed by atoms with Gasteiger partial charge in [0, 0.05) is 12.0 Å². The number of esters is 1. The Labute approximate surface area is 119 Å². The van der Waals surface area contributed by atoms with Gasteiger partial charge in [0.25, 0.3) is 0 Å². The normalized spacial score (nSPS) is 36.9. The second kappa shape index (κ2) is 5.17. The Kier molecular flexibility index (Phi) is 3.87. The predicted octanol–water partition coefficient (Wildman–Crippen LogP) is 2.03. The molecule has 0 aromatic heterocycles. The standard InChI is InChI=1S/C16H22O4/c1-9(15(19)20-4)12-8-16(3)10(2)13(17)6-5-11(16)7-14(12)18/h8,10-11,13,17H,1,5-7H2,2-4H3. The topological polar surface area (TPSA) is 63.6 Å². The number of carbonyl (C=O) groups excluding carboxylic acids is 2. The number of methoxy groups -OCH3 is 1. The Morgan fingerprint density at radius 2 is 2.15 bits per heavy atom. The van der Waals surface area contributed by atoms with E-state index in [1.165, 1.54) is 7.11 Å². The van der Waals surface area contributed by atoms with E-state index in [1.807, 2.05) is 13.0 Å². The Morgan fingerprint density at radius 1 is 1.50 bits per heavy atom. The minimum atomic E-state index is -0.573. The number of allylic oxidation sites excluding steroid dienone is 1. The maximum absolute atomic E-state index is 12.2. The van der Waals surface area contributed by atoms with E-state index in [9.17, 15) is 14.7 Å². The van der Waals surface area contributed by atoms with Crippen LogP contribution in [0.3, 0.4) is 0 Å². The van der Waals surface area contributed by atoms with E-state index in [1.54, 1.807) is 0 Å². The largest absolute Gasteiger partial charge is 0.465 e. The molecule has 0 aromatic carbocycles. The van der Waals surface area contributed by atoms with Gasteiger partial charge in [-0.15, -0.1) is 0 Å². The zero-order valence-electron chi connectivity index (χ0n) is 12.3. The molecular formula is C16H22O4. The number of aliphatic hydroxyl groups is 1. The summed E-state index contributed by atoms with van der Waals surface area (Å²) in [5.41, 5.74) is 0.193. The summed E-state index contributed by atoms with van der Waals surface area (Å²) in [7, 11) is 1.28. The van der Waals surface area contributed by atoms with Crippen molar-refractivity contribution >= 4 is 11.8 Å². The van der Waals surface area contributed by atoms with E-state index in [4.69, 9.17) is 0 Å². The highest BCUT2D eigenvalue weighted by atomic mass is 16.5. The fourth-order valence-electron chi connectivity index (χ4n) is 3.50. The van der Waals surface area contributed by atoms with Crippen LogP contribution in [0.25, 0.3) is 0 Å². The molecule has 2 aliphatic rings. The van der Waals surface area contributed by atoms with Crippen LogP contribution < -0.4 is 0 Å². The third-order valence-corrected chi connectivity index (χ3v) is 5.19. The quantitative estimate of drug-likeness (QED) is 0.620. The molecule has 0 bridgehead atoms. The second-order valence-electron chi connectivity index (χ2n) is 6.15. The SMILES string of the molecule is C=C(C(=O)OC)C1=CC2(C)C(CCC(O)C2C)CC1=O. The van der Waals surface area contributed by atoms with Crippen LogP contribution in [-0.2, 0) is 14.3 Å². The molecule has 0 aliphatic heterocycles. The van der Waals surface area contributed by atoms with E-state index in [2.05, 4.69) is 18.2 Å². The average Bonchev–Trinajstić information content (AvgIpc) is 2.43. The summed E-state index contributed by atoms with van der Waals surface area (Å²) in [4.78, 5) is 23.8. The number of ether oxygens (including phenoxy) is 1. The summed E-state index contributed by atoms with van der Waals surface area (Å²) in [6, 6.07) is 0. The molecule has 0 spiro atoms. The molecule has 2 rings (SSSR count). The molecule has 0 saturated heterocycles. The number of rotatable bonds is 2. The first-order chi connectivity index (χ1) is 9.31. The maximum Gasteiger partial charge on any atom is 0.337 e. The fourth-order valence-corrected chi connectivity index (χ4v) is 3.50. The Bertz CT molecular complexity index is 491. The van der Waals surface area contributed by atoms with Crippen LogP contribution in [0, 0.1) is 17.3 Å². The van der Waals surface area contributed by atoms with Gasteiger partial charge in [0.15, 0.2) is 5.78 Å². The van der Waals surface area contributed by atoms with E-state index in [0.717, 1.165) is 12.8 Å². The molecule has 1 saturated carbocycles. The number of hydrogen-bond donors (Lipinski definition) is 1. The number of Topliss-reactive ketones (excluding diaryl/α,β-unsaturated/α-hetero) is 1. The molecule has 0 amide bonds. The molecule has 4 nitrogen and oxygen atoms in total. The van der Waals surface area contributed by atoms with Gasteiger partial charge in [-0.25, -0.2) is 4.79 Å². The monoisotopic (exact) mass is 278 g/mol. The zero-order chi connectivity index (χ0) is 15.1. The molecule has 110 valence electrons.